The van der Waals surface area contributed by atoms with E-state index in [1.165, 1.54) is 0 Å². The van der Waals surface area contributed by atoms with Crippen LogP contribution in [0.5, 0.6) is 0 Å². The third-order valence-electron chi connectivity index (χ3n) is 3.14. The Kier molecular flexibility index (Phi) is 7.52. The Morgan fingerprint density at radius 1 is 1.16 bits per heavy atom. The lowest BCUT2D eigenvalue weighted by Crippen LogP contribution is -2.53. The van der Waals surface area contributed by atoms with Gasteiger partial charge in [0.05, 0.1) is 0 Å². The maximum atomic E-state index is 12.1. The summed E-state index contributed by atoms with van der Waals surface area (Å²) in [5.74, 6) is -4.42. The Morgan fingerprint density at radius 3 is 2.28 bits per heavy atom. The van der Waals surface area contributed by atoms with E-state index >= 15 is 0 Å². The van der Waals surface area contributed by atoms with Gasteiger partial charge in [0.25, 0.3) is 5.91 Å². The number of aryl methyl sites for hydroxylation is 1. The number of hydrogen-bond acceptors (Lipinski definition) is 5. The summed E-state index contributed by atoms with van der Waals surface area (Å²) in [6, 6.07) is 7.03. The van der Waals surface area contributed by atoms with Crippen molar-refractivity contribution in [3.63, 3.8) is 0 Å². The molecule has 0 saturated heterocycles. The van der Waals surface area contributed by atoms with Crippen molar-refractivity contribution >= 4 is 17.7 Å². The summed E-state index contributed by atoms with van der Waals surface area (Å²) in [6.45, 7) is 0. The Balaban J connectivity index is 2.55. The van der Waals surface area contributed by atoms with Crippen molar-refractivity contribution in [2.45, 2.75) is 37.9 Å². The van der Waals surface area contributed by atoms with Crippen molar-refractivity contribution < 1.29 is 37.9 Å². The van der Waals surface area contributed by atoms with E-state index in [4.69, 9.17) is 5.11 Å². The van der Waals surface area contributed by atoms with E-state index in [0.717, 1.165) is 5.56 Å². The first-order chi connectivity index (χ1) is 11.6. The maximum absolute atomic E-state index is 12.1. The number of hydrazine groups is 1. The molecule has 7 nitrogen and oxygen atoms in total. The zero-order valence-corrected chi connectivity index (χ0v) is 13.0. The summed E-state index contributed by atoms with van der Waals surface area (Å²) >= 11 is 0. The van der Waals surface area contributed by atoms with Gasteiger partial charge in [-0.2, -0.15) is 18.6 Å². The molecule has 0 heterocycles. The van der Waals surface area contributed by atoms with Crippen LogP contribution in [-0.2, 0) is 20.8 Å². The number of amides is 1. The molecule has 1 atom stereocenters. The van der Waals surface area contributed by atoms with Crippen molar-refractivity contribution in [3.8, 4) is 0 Å². The van der Waals surface area contributed by atoms with Gasteiger partial charge in [-0.05, 0) is 18.4 Å². The molecule has 0 aromatic heterocycles. The first kappa shape index (κ1) is 20.6. The number of rotatable bonds is 9. The highest BCUT2D eigenvalue weighted by atomic mass is 19.4. The molecule has 1 rings (SSSR count). The molecule has 138 valence electrons. The summed E-state index contributed by atoms with van der Waals surface area (Å²) in [6.07, 6.45) is -6.27. The minimum atomic E-state index is -4.88. The lowest BCUT2D eigenvalue weighted by atomic mass is 10.0. The number of ketones is 1. The summed E-state index contributed by atoms with van der Waals surface area (Å²) in [5.41, 5.74) is 2.51. The molecule has 0 aliphatic heterocycles. The van der Waals surface area contributed by atoms with Crippen LogP contribution in [0.2, 0.25) is 0 Å². The predicted octanol–water partition coefficient (Wildman–Crippen LogP) is 1.71. The highest BCUT2D eigenvalue weighted by Crippen LogP contribution is 2.20. The summed E-state index contributed by atoms with van der Waals surface area (Å²) in [7, 11) is 0. The van der Waals surface area contributed by atoms with Crippen LogP contribution in [0.3, 0.4) is 0 Å². The number of hydroxylamine groups is 1. The minimum Gasteiger partial charge on any atom is -0.480 e. The number of hydrogen-bond donors (Lipinski definition) is 3. The summed E-state index contributed by atoms with van der Waals surface area (Å²) in [4.78, 5) is 34.1. The highest BCUT2D eigenvalue weighted by molar-refractivity contribution is 6.02. The lowest BCUT2D eigenvalue weighted by Gasteiger charge is -2.21. The number of alkyl halides is 3. The number of nitrogens with zero attached hydrogens (tertiary/aromatic N) is 1. The van der Waals surface area contributed by atoms with Crippen LogP contribution in [0.4, 0.5) is 13.2 Å². The van der Waals surface area contributed by atoms with Gasteiger partial charge in [-0.25, -0.2) is 4.79 Å². The summed E-state index contributed by atoms with van der Waals surface area (Å²) < 4.78 is 36.2. The molecule has 0 radical (unpaired) electrons. The van der Waals surface area contributed by atoms with Crippen molar-refractivity contribution in [1.82, 2.24) is 10.6 Å². The zero-order valence-electron chi connectivity index (χ0n) is 13.0. The largest absolute Gasteiger partial charge is 0.480 e. The monoisotopic (exact) mass is 362 g/mol. The second-order valence-corrected chi connectivity index (χ2v) is 5.20. The third kappa shape index (κ3) is 7.77. The molecule has 10 heteroatoms. The van der Waals surface area contributed by atoms with Gasteiger partial charge in [-0.3, -0.25) is 14.8 Å². The number of carboxylic acid groups (broad SMARTS) is 1. The van der Waals surface area contributed by atoms with Crippen molar-refractivity contribution in [2.75, 3.05) is 0 Å². The Hall–Kier alpha value is -2.46. The van der Waals surface area contributed by atoms with Crippen molar-refractivity contribution in [2.24, 2.45) is 0 Å². The molecule has 3 N–H and O–H groups in total. The number of Topliss-reactive ketones (excluding diaryl/α,β-unsaturated/α-hetero) is 1. The minimum absolute atomic E-state index is 0.194. The number of carbonyl (C=O) groups is 3. The van der Waals surface area contributed by atoms with Crippen LogP contribution in [0, 0.1) is 0 Å². The molecule has 1 aromatic carbocycles. The van der Waals surface area contributed by atoms with Gasteiger partial charge < -0.3 is 5.11 Å². The second kappa shape index (κ2) is 9.14. The topological polar surface area (TPSA) is 107 Å². The third-order valence-corrected chi connectivity index (χ3v) is 3.14. The number of carboxylic acids is 1. The molecule has 0 aliphatic rings. The number of halogens is 3. The zero-order chi connectivity index (χ0) is 19.0. The number of benzene rings is 1. The van der Waals surface area contributed by atoms with Crippen LogP contribution >= 0.6 is 0 Å². The Labute approximate surface area is 141 Å². The highest BCUT2D eigenvalue weighted by Gasteiger charge is 2.35. The van der Waals surface area contributed by atoms with Crippen LogP contribution in [-0.4, -0.2) is 45.4 Å². The van der Waals surface area contributed by atoms with Crippen molar-refractivity contribution in [1.29, 1.82) is 0 Å². The normalized spacial score (nSPS) is 12.5. The molecule has 0 spiro atoms. The van der Waals surface area contributed by atoms with Gasteiger partial charge in [0.1, 0.15) is 6.42 Å². The second-order valence-electron chi connectivity index (χ2n) is 5.20. The standard InChI is InChI=1S/C15H17F3N2O5/c16-15(17,18)9-12(22)20(25)19-13(14(23)24)11(21)8-4-7-10-5-2-1-3-6-10/h1-3,5-6,13,19,25H,4,7-9H2,(H,23,24). The molecule has 0 bridgehead atoms. The molecular formula is C15H17F3N2O5. The summed E-state index contributed by atoms with van der Waals surface area (Å²) in [5, 5.41) is 17.6. The first-order valence-corrected chi connectivity index (χ1v) is 7.24. The number of nitrogens with one attached hydrogen (secondary N) is 1. The fourth-order valence-corrected chi connectivity index (χ4v) is 1.96. The van der Waals surface area contributed by atoms with E-state index in [0.29, 0.717) is 12.8 Å². The molecule has 1 amide bonds. The molecule has 1 unspecified atom stereocenters. The van der Waals surface area contributed by atoms with Crippen LogP contribution in [0.15, 0.2) is 30.3 Å². The molecule has 0 saturated carbocycles. The van der Waals surface area contributed by atoms with E-state index in [9.17, 15) is 32.8 Å². The van der Waals surface area contributed by atoms with E-state index in [-0.39, 0.29) is 6.42 Å². The molecule has 1 aromatic rings. The SMILES string of the molecule is O=C(O)C(NN(O)C(=O)CC(F)(F)F)C(=O)CCCc1ccccc1. The molecule has 25 heavy (non-hydrogen) atoms. The maximum Gasteiger partial charge on any atom is 0.397 e. The van der Waals surface area contributed by atoms with E-state index in [1.807, 2.05) is 18.2 Å². The molecular weight excluding hydrogens is 345 g/mol. The van der Waals surface area contributed by atoms with Gasteiger partial charge in [0.15, 0.2) is 11.8 Å². The average Bonchev–Trinajstić information content (AvgIpc) is 2.51. The fourth-order valence-electron chi connectivity index (χ4n) is 1.96. The molecule has 0 aliphatic carbocycles. The van der Waals surface area contributed by atoms with Crippen molar-refractivity contribution in [3.05, 3.63) is 35.9 Å². The van der Waals surface area contributed by atoms with Crippen LogP contribution in [0.1, 0.15) is 24.8 Å². The fraction of sp³-hybridized carbons (Fsp3) is 0.400. The first-order valence-electron chi connectivity index (χ1n) is 7.24. The van der Waals surface area contributed by atoms with Gasteiger partial charge in [-0.1, -0.05) is 30.3 Å². The van der Waals surface area contributed by atoms with Crippen LogP contribution < -0.4 is 5.43 Å². The van der Waals surface area contributed by atoms with Gasteiger partial charge in [-0.15, -0.1) is 5.17 Å². The lowest BCUT2D eigenvalue weighted by molar-refractivity contribution is -0.202. The Morgan fingerprint density at radius 2 is 1.76 bits per heavy atom. The van der Waals surface area contributed by atoms with E-state index in [1.54, 1.807) is 17.6 Å². The van der Waals surface area contributed by atoms with E-state index < -0.39 is 41.5 Å². The van der Waals surface area contributed by atoms with Gasteiger partial charge >= 0.3 is 12.1 Å². The predicted molar refractivity (Wildman–Crippen MR) is 78.3 cm³/mol. The quantitative estimate of drug-likeness (QED) is 0.351. The van der Waals surface area contributed by atoms with Crippen LogP contribution in [0.25, 0.3) is 0 Å². The smallest absolute Gasteiger partial charge is 0.397 e. The van der Waals surface area contributed by atoms with Gasteiger partial charge in [0, 0.05) is 6.42 Å². The number of carbonyl (C=O) groups excluding carboxylic acids is 2. The van der Waals surface area contributed by atoms with Gasteiger partial charge in [0.2, 0.25) is 0 Å². The average molecular weight is 362 g/mol. The Bertz CT molecular complexity index is 607. The molecule has 0 fully saturated rings. The van der Waals surface area contributed by atoms with E-state index in [2.05, 4.69) is 0 Å². The number of aliphatic carboxylic acids is 1.